The fraction of sp³-hybridized carbons (Fsp3) is 0.647. The molecule has 0 spiro atoms. The maximum absolute atomic E-state index is 5.74. The van der Waals surface area contributed by atoms with E-state index in [9.17, 15) is 0 Å². The fourth-order valence-corrected chi connectivity index (χ4v) is 3.25. The number of nitrogens with zero attached hydrogens (tertiary/aromatic N) is 1. The van der Waals surface area contributed by atoms with E-state index in [0.29, 0.717) is 6.10 Å². The second kappa shape index (κ2) is 6.59. The van der Waals surface area contributed by atoms with Gasteiger partial charge in [-0.2, -0.15) is 0 Å². The van der Waals surface area contributed by atoms with E-state index in [-0.39, 0.29) is 0 Å². The van der Waals surface area contributed by atoms with E-state index < -0.39 is 0 Å². The van der Waals surface area contributed by atoms with E-state index >= 15 is 0 Å². The summed E-state index contributed by atoms with van der Waals surface area (Å²) in [6, 6.07) is 6.61. The van der Waals surface area contributed by atoms with Gasteiger partial charge >= 0.3 is 0 Å². The monoisotopic (exact) mass is 274 g/mol. The Morgan fingerprint density at radius 1 is 1.30 bits per heavy atom. The summed E-state index contributed by atoms with van der Waals surface area (Å²) < 4.78 is 5.74. The van der Waals surface area contributed by atoms with Gasteiger partial charge in [0.15, 0.2) is 0 Å². The first-order valence-electron chi connectivity index (χ1n) is 8.03. The average Bonchev–Trinajstić information content (AvgIpc) is 3.06. The normalized spacial score (nSPS) is 21.9. The van der Waals surface area contributed by atoms with Gasteiger partial charge in [0.1, 0.15) is 11.9 Å². The number of fused-ring (bicyclic) bond motifs is 1. The molecule has 1 aromatic rings. The number of hydrogen-bond acceptors (Lipinski definition) is 3. The summed E-state index contributed by atoms with van der Waals surface area (Å²) in [7, 11) is 0. The largest absolute Gasteiger partial charge is 0.490 e. The zero-order valence-electron chi connectivity index (χ0n) is 12.5. The number of benzene rings is 1. The van der Waals surface area contributed by atoms with Gasteiger partial charge in [-0.3, -0.25) is 0 Å². The Labute approximate surface area is 122 Å². The Balaban J connectivity index is 1.37. The Morgan fingerprint density at radius 3 is 3.00 bits per heavy atom. The highest BCUT2D eigenvalue weighted by Gasteiger charge is 2.18. The molecule has 0 saturated carbocycles. The topological polar surface area (TPSA) is 24.5 Å². The Hall–Kier alpha value is -1.06. The minimum atomic E-state index is 0.341. The quantitative estimate of drug-likeness (QED) is 0.807. The van der Waals surface area contributed by atoms with Crippen LogP contribution in [0.1, 0.15) is 37.3 Å². The molecule has 3 nitrogen and oxygen atoms in total. The van der Waals surface area contributed by atoms with Crippen LogP contribution in [0.3, 0.4) is 0 Å². The first-order chi connectivity index (χ1) is 9.81. The number of ether oxygens (including phenoxy) is 1. The molecule has 1 aromatic carbocycles. The van der Waals surface area contributed by atoms with Crippen molar-refractivity contribution in [2.24, 2.45) is 0 Å². The molecule has 2 aliphatic heterocycles. The van der Waals surface area contributed by atoms with Crippen molar-refractivity contribution in [2.75, 3.05) is 26.2 Å². The van der Waals surface area contributed by atoms with Crippen molar-refractivity contribution in [3.63, 3.8) is 0 Å². The van der Waals surface area contributed by atoms with Crippen molar-refractivity contribution in [2.45, 2.75) is 45.3 Å². The standard InChI is InChI=1S/C17H26N2O/c1-14-11-16-12-15(5-6-17(16)20-14)13-18-7-4-10-19-8-2-3-9-19/h5-6,12,14,18H,2-4,7-11,13H2,1H3. The zero-order chi connectivity index (χ0) is 13.8. The molecule has 0 amide bonds. The van der Waals surface area contributed by atoms with Gasteiger partial charge in [-0.15, -0.1) is 0 Å². The van der Waals surface area contributed by atoms with Crippen molar-refractivity contribution in [3.8, 4) is 5.75 Å². The van der Waals surface area contributed by atoms with Crippen LogP contribution in [0.2, 0.25) is 0 Å². The van der Waals surface area contributed by atoms with Crippen LogP contribution in [0.25, 0.3) is 0 Å². The lowest BCUT2D eigenvalue weighted by Gasteiger charge is -2.14. The summed E-state index contributed by atoms with van der Waals surface area (Å²) in [5, 5.41) is 3.56. The summed E-state index contributed by atoms with van der Waals surface area (Å²) in [4.78, 5) is 2.58. The molecule has 1 saturated heterocycles. The summed E-state index contributed by atoms with van der Waals surface area (Å²) in [5.41, 5.74) is 2.75. The molecule has 1 N–H and O–H groups in total. The molecule has 2 heterocycles. The van der Waals surface area contributed by atoms with Crippen LogP contribution >= 0.6 is 0 Å². The van der Waals surface area contributed by atoms with Crippen LogP contribution in [-0.4, -0.2) is 37.2 Å². The van der Waals surface area contributed by atoms with E-state index in [1.54, 1.807) is 0 Å². The van der Waals surface area contributed by atoms with Gasteiger partial charge in [0.25, 0.3) is 0 Å². The molecule has 0 aliphatic carbocycles. The Kier molecular flexibility index (Phi) is 4.58. The molecule has 1 fully saturated rings. The highest BCUT2D eigenvalue weighted by atomic mass is 16.5. The van der Waals surface area contributed by atoms with Crippen molar-refractivity contribution < 1.29 is 4.74 Å². The first-order valence-corrected chi connectivity index (χ1v) is 8.03. The number of rotatable bonds is 6. The number of nitrogens with one attached hydrogen (secondary N) is 1. The summed E-state index contributed by atoms with van der Waals surface area (Å²) in [6.07, 6.45) is 5.43. The molecule has 20 heavy (non-hydrogen) atoms. The molecule has 110 valence electrons. The van der Waals surface area contributed by atoms with E-state index in [2.05, 4.69) is 35.3 Å². The summed E-state index contributed by atoms with van der Waals surface area (Å²) in [6.45, 7) is 8.09. The first kappa shape index (κ1) is 13.9. The van der Waals surface area contributed by atoms with E-state index in [1.807, 2.05) is 0 Å². The lowest BCUT2D eigenvalue weighted by Crippen LogP contribution is -2.24. The third-order valence-electron chi connectivity index (χ3n) is 4.32. The second-order valence-corrected chi connectivity index (χ2v) is 6.15. The van der Waals surface area contributed by atoms with Crippen LogP contribution in [0, 0.1) is 0 Å². The lowest BCUT2D eigenvalue weighted by molar-refractivity contribution is 0.254. The van der Waals surface area contributed by atoms with Crippen molar-refractivity contribution in [3.05, 3.63) is 29.3 Å². The molecule has 3 rings (SSSR count). The van der Waals surface area contributed by atoms with Gasteiger partial charge in [0, 0.05) is 13.0 Å². The van der Waals surface area contributed by atoms with Crippen LogP contribution in [-0.2, 0) is 13.0 Å². The molecule has 0 bridgehead atoms. The highest BCUT2D eigenvalue weighted by molar-refractivity contribution is 5.40. The maximum Gasteiger partial charge on any atom is 0.123 e. The molecule has 2 aliphatic rings. The molecule has 1 atom stereocenters. The zero-order valence-corrected chi connectivity index (χ0v) is 12.5. The molecule has 0 radical (unpaired) electrons. The third kappa shape index (κ3) is 3.53. The second-order valence-electron chi connectivity index (χ2n) is 6.15. The van der Waals surface area contributed by atoms with Crippen LogP contribution in [0.15, 0.2) is 18.2 Å². The van der Waals surface area contributed by atoms with E-state index in [1.165, 1.54) is 50.0 Å². The lowest BCUT2D eigenvalue weighted by atomic mass is 10.1. The molecular formula is C17H26N2O. The van der Waals surface area contributed by atoms with E-state index in [4.69, 9.17) is 4.74 Å². The summed E-state index contributed by atoms with van der Waals surface area (Å²) >= 11 is 0. The molecule has 1 unspecified atom stereocenters. The summed E-state index contributed by atoms with van der Waals surface area (Å²) in [5.74, 6) is 1.08. The molecule has 3 heteroatoms. The smallest absolute Gasteiger partial charge is 0.123 e. The highest BCUT2D eigenvalue weighted by Crippen LogP contribution is 2.29. The average molecular weight is 274 g/mol. The van der Waals surface area contributed by atoms with Gasteiger partial charge < -0.3 is 15.0 Å². The van der Waals surface area contributed by atoms with Gasteiger partial charge in [0.2, 0.25) is 0 Å². The Morgan fingerprint density at radius 2 is 2.15 bits per heavy atom. The minimum Gasteiger partial charge on any atom is -0.490 e. The molecular weight excluding hydrogens is 248 g/mol. The van der Waals surface area contributed by atoms with Gasteiger partial charge in [-0.1, -0.05) is 12.1 Å². The Bertz CT molecular complexity index is 441. The minimum absolute atomic E-state index is 0.341. The van der Waals surface area contributed by atoms with Crippen molar-refractivity contribution >= 4 is 0 Å². The van der Waals surface area contributed by atoms with Gasteiger partial charge in [-0.05, 0) is 69.6 Å². The number of likely N-dealkylation sites (tertiary alicyclic amines) is 1. The van der Waals surface area contributed by atoms with Gasteiger partial charge in [0.05, 0.1) is 0 Å². The third-order valence-corrected chi connectivity index (χ3v) is 4.32. The predicted molar refractivity (Wildman–Crippen MR) is 82.2 cm³/mol. The van der Waals surface area contributed by atoms with Gasteiger partial charge in [-0.25, -0.2) is 0 Å². The van der Waals surface area contributed by atoms with Crippen LogP contribution in [0.5, 0.6) is 5.75 Å². The van der Waals surface area contributed by atoms with Crippen molar-refractivity contribution in [1.29, 1.82) is 0 Å². The molecule has 0 aromatic heterocycles. The fourth-order valence-electron chi connectivity index (χ4n) is 3.25. The SMILES string of the molecule is CC1Cc2cc(CNCCCN3CCCC3)ccc2O1. The van der Waals surface area contributed by atoms with Crippen LogP contribution < -0.4 is 10.1 Å². The van der Waals surface area contributed by atoms with Crippen LogP contribution in [0.4, 0.5) is 0 Å². The van der Waals surface area contributed by atoms with E-state index in [0.717, 1.165) is 25.3 Å². The number of hydrogen-bond donors (Lipinski definition) is 1. The van der Waals surface area contributed by atoms with Crippen molar-refractivity contribution in [1.82, 2.24) is 10.2 Å². The predicted octanol–water partition coefficient (Wildman–Crippen LogP) is 2.59. The maximum atomic E-state index is 5.74.